The summed E-state index contributed by atoms with van der Waals surface area (Å²) >= 11 is 0. The molecule has 1 aromatic carbocycles. The number of aromatic carboxylic acids is 1. The number of carbonyl (C=O) groups is 1. The van der Waals surface area contributed by atoms with Gasteiger partial charge in [-0.15, -0.1) is 5.10 Å². The topological polar surface area (TPSA) is 66.3 Å². The quantitative estimate of drug-likeness (QED) is 0.907. The third-order valence-corrected chi connectivity index (χ3v) is 3.55. The zero-order valence-electron chi connectivity index (χ0n) is 11.0. The van der Waals surface area contributed by atoms with Gasteiger partial charge in [0.1, 0.15) is 5.56 Å². The molecule has 0 unspecified atom stereocenters. The van der Waals surface area contributed by atoms with Gasteiger partial charge in [-0.25, -0.2) is 4.79 Å². The number of hydrogen-bond donors (Lipinski definition) is 1. The molecular formula is C15H15N3O2. The summed E-state index contributed by atoms with van der Waals surface area (Å²) in [4.78, 5) is 13.3. The Morgan fingerprint density at radius 1 is 1.20 bits per heavy atom. The molecule has 1 N–H and O–H groups in total. The van der Waals surface area contributed by atoms with Crippen molar-refractivity contribution in [1.82, 2.24) is 10.2 Å². The molecule has 1 aliphatic heterocycles. The maximum Gasteiger partial charge on any atom is 0.339 e. The first kappa shape index (κ1) is 12.6. The molecule has 0 fully saturated rings. The van der Waals surface area contributed by atoms with Crippen molar-refractivity contribution in [3.05, 3.63) is 47.7 Å². The van der Waals surface area contributed by atoms with Gasteiger partial charge in [0.25, 0.3) is 0 Å². The Hall–Kier alpha value is -2.43. The maximum atomic E-state index is 11.4. The molecule has 0 radical (unpaired) electrons. The van der Waals surface area contributed by atoms with Crippen molar-refractivity contribution < 1.29 is 9.90 Å². The second-order valence-electron chi connectivity index (χ2n) is 4.81. The number of rotatable bonds is 2. The van der Waals surface area contributed by atoms with E-state index in [1.54, 1.807) is 0 Å². The van der Waals surface area contributed by atoms with E-state index in [2.05, 4.69) is 16.3 Å². The fraction of sp³-hybridized carbons (Fsp3) is 0.267. The number of hydrogen-bond acceptors (Lipinski definition) is 4. The molecular weight excluding hydrogens is 254 g/mol. The van der Waals surface area contributed by atoms with Gasteiger partial charge in [0.05, 0.1) is 6.20 Å². The van der Waals surface area contributed by atoms with Gasteiger partial charge >= 0.3 is 5.97 Å². The summed E-state index contributed by atoms with van der Waals surface area (Å²) in [5.41, 5.74) is 2.46. The Labute approximate surface area is 116 Å². The molecule has 0 amide bonds. The fourth-order valence-electron chi connectivity index (χ4n) is 2.60. The standard InChI is InChI=1S/C15H15N3O2/c19-15(20)12-8-9-16-17-14(12)18-10-4-3-6-11-5-1-2-7-13(11)18/h1-2,5,7-9H,3-4,6,10H2,(H,19,20). The van der Waals surface area contributed by atoms with Crippen LogP contribution in [-0.4, -0.2) is 27.8 Å². The lowest BCUT2D eigenvalue weighted by atomic mass is 10.1. The molecule has 1 aromatic heterocycles. The highest BCUT2D eigenvalue weighted by Crippen LogP contribution is 2.32. The first-order valence-electron chi connectivity index (χ1n) is 6.68. The van der Waals surface area contributed by atoms with E-state index in [0.717, 1.165) is 31.5 Å². The predicted molar refractivity (Wildman–Crippen MR) is 75.4 cm³/mol. The van der Waals surface area contributed by atoms with Gasteiger partial charge in [0, 0.05) is 12.2 Å². The van der Waals surface area contributed by atoms with Gasteiger partial charge in [0.2, 0.25) is 0 Å². The van der Waals surface area contributed by atoms with E-state index in [4.69, 9.17) is 0 Å². The van der Waals surface area contributed by atoms with Crippen LogP contribution in [0.2, 0.25) is 0 Å². The zero-order valence-corrected chi connectivity index (χ0v) is 11.0. The second-order valence-corrected chi connectivity index (χ2v) is 4.81. The van der Waals surface area contributed by atoms with E-state index >= 15 is 0 Å². The lowest BCUT2D eigenvalue weighted by molar-refractivity contribution is 0.0697. The van der Waals surface area contributed by atoms with Gasteiger partial charge in [-0.05, 0) is 37.0 Å². The van der Waals surface area contributed by atoms with Crippen LogP contribution in [0.25, 0.3) is 0 Å². The number of carboxylic acid groups (broad SMARTS) is 1. The highest BCUT2D eigenvalue weighted by molar-refractivity contribution is 5.94. The summed E-state index contributed by atoms with van der Waals surface area (Å²) in [5.74, 6) is -0.550. The minimum absolute atomic E-state index is 0.191. The van der Waals surface area contributed by atoms with Crippen LogP contribution >= 0.6 is 0 Å². The van der Waals surface area contributed by atoms with Crippen molar-refractivity contribution >= 4 is 17.5 Å². The summed E-state index contributed by atoms with van der Waals surface area (Å²) in [5, 5.41) is 17.2. The van der Waals surface area contributed by atoms with E-state index in [9.17, 15) is 9.90 Å². The van der Waals surface area contributed by atoms with E-state index in [-0.39, 0.29) is 5.56 Å². The Morgan fingerprint density at radius 2 is 2.05 bits per heavy atom. The SMILES string of the molecule is O=C(O)c1ccnnc1N1CCCCc2ccccc21. The smallest absolute Gasteiger partial charge is 0.339 e. The maximum absolute atomic E-state index is 11.4. The van der Waals surface area contributed by atoms with Crippen molar-refractivity contribution in [3.8, 4) is 0 Å². The summed E-state index contributed by atoms with van der Waals surface area (Å²) in [7, 11) is 0. The van der Waals surface area contributed by atoms with Crippen molar-refractivity contribution in [2.75, 3.05) is 11.4 Å². The first-order valence-corrected chi connectivity index (χ1v) is 6.68. The van der Waals surface area contributed by atoms with Crippen LogP contribution in [0.3, 0.4) is 0 Å². The van der Waals surface area contributed by atoms with Crippen LogP contribution in [-0.2, 0) is 6.42 Å². The van der Waals surface area contributed by atoms with Gasteiger partial charge in [-0.3, -0.25) is 0 Å². The molecule has 0 saturated heterocycles. The molecule has 2 heterocycles. The van der Waals surface area contributed by atoms with E-state index in [1.807, 2.05) is 23.1 Å². The summed E-state index contributed by atoms with van der Waals surface area (Å²) in [6, 6.07) is 9.58. The molecule has 5 nitrogen and oxygen atoms in total. The van der Waals surface area contributed by atoms with Crippen LogP contribution in [0.15, 0.2) is 36.5 Å². The van der Waals surface area contributed by atoms with Crippen molar-refractivity contribution in [1.29, 1.82) is 0 Å². The average Bonchev–Trinajstić information content (AvgIpc) is 2.69. The normalized spacial score (nSPS) is 14.5. The molecule has 0 spiro atoms. The lowest BCUT2D eigenvalue weighted by Crippen LogP contribution is -2.22. The zero-order chi connectivity index (χ0) is 13.9. The third-order valence-electron chi connectivity index (χ3n) is 3.55. The largest absolute Gasteiger partial charge is 0.478 e. The van der Waals surface area contributed by atoms with Gasteiger partial charge in [-0.1, -0.05) is 18.2 Å². The minimum atomic E-state index is -0.975. The fourth-order valence-corrected chi connectivity index (χ4v) is 2.60. The van der Waals surface area contributed by atoms with Gasteiger partial charge in [0.15, 0.2) is 5.82 Å². The monoisotopic (exact) mass is 269 g/mol. The van der Waals surface area contributed by atoms with Crippen molar-refractivity contribution in [3.63, 3.8) is 0 Å². The second kappa shape index (κ2) is 5.28. The molecule has 0 bridgehead atoms. The predicted octanol–water partition coefficient (Wildman–Crippen LogP) is 2.65. The Kier molecular flexibility index (Phi) is 3.33. The molecule has 0 aliphatic carbocycles. The van der Waals surface area contributed by atoms with Crippen LogP contribution in [0.4, 0.5) is 11.5 Å². The third kappa shape index (κ3) is 2.22. The summed E-state index contributed by atoms with van der Waals surface area (Å²) in [6.45, 7) is 0.760. The van der Waals surface area contributed by atoms with Crippen LogP contribution < -0.4 is 4.90 Å². The van der Waals surface area contributed by atoms with Crippen LogP contribution in [0, 0.1) is 0 Å². The highest BCUT2D eigenvalue weighted by Gasteiger charge is 2.22. The van der Waals surface area contributed by atoms with Crippen LogP contribution in [0.5, 0.6) is 0 Å². The van der Waals surface area contributed by atoms with Gasteiger partial charge < -0.3 is 10.0 Å². The van der Waals surface area contributed by atoms with E-state index in [1.165, 1.54) is 17.8 Å². The number of carboxylic acids is 1. The molecule has 2 aromatic rings. The van der Waals surface area contributed by atoms with Crippen molar-refractivity contribution in [2.45, 2.75) is 19.3 Å². The number of fused-ring (bicyclic) bond motifs is 1. The summed E-state index contributed by atoms with van der Waals surface area (Å²) in [6.07, 6.45) is 4.52. The molecule has 5 heteroatoms. The van der Waals surface area contributed by atoms with Gasteiger partial charge in [-0.2, -0.15) is 5.10 Å². The summed E-state index contributed by atoms with van der Waals surface area (Å²) < 4.78 is 0. The lowest BCUT2D eigenvalue weighted by Gasteiger charge is -2.24. The number of nitrogens with zero attached hydrogens (tertiary/aromatic N) is 3. The molecule has 0 saturated carbocycles. The molecule has 0 atom stereocenters. The number of benzene rings is 1. The Balaban J connectivity index is 2.13. The van der Waals surface area contributed by atoms with Crippen LogP contribution in [0.1, 0.15) is 28.8 Å². The highest BCUT2D eigenvalue weighted by atomic mass is 16.4. The molecule has 3 rings (SSSR count). The van der Waals surface area contributed by atoms with E-state index < -0.39 is 5.97 Å². The number of aromatic nitrogens is 2. The molecule has 102 valence electrons. The minimum Gasteiger partial charge on any atom is -0.478 e. The molecule has 20 heavy (non-hydrogen) atoms. The Morgan fingerprint density at radius 3 is 2.90 bits per heavy atom. The average molecular weight is 269 g/mol. The van der Waals surface area contributed by atoms with E-state index in [0.29, 0.717) is 5.82 Å². The Bertz CT molecular complexity index is 643. The number of aryl methyl sites for hydroxylation is 1. The van der Waals surface area contributed by atoms with Crippen molar-refractivity contribution in [2.24, 2.45) is 0 Å². The first-order chi connectivity index (χ1) is 9.77. The number of anilines is 2. The number of para-hydroxylation sites is 1. The molecule has 1 aliphatic rings.